The molecule has 0 saturated carbocycles. The van der Waals surface area contributed by atoms with Crippen molar-refractivity contribution in [3.63, 3.8) is 0 Å². The zero-order chi connectivity index (χ0) is 62.1. The molecule has 0 atom stereocenters. The number of hydrogen-bond donors (Lipinski definition) is 7. The molecule has 0 aliphatic heterocycles. The van der Waals surface area contributed by atoms with Crippen LogP contribution in [-0.4, -0.2) is 32.8 Å². The van der Waals surface area contributed by atoms with Crippen LogP contribution < -0.4 is 28.7 Å². The summed E-state index contributed by atoms with van der Waals surface area (Å²) in [5.74, 6) is 5.23. The van der Waals surface area contributed by atoms with Gasteiger partial charge in [0.2, 0.25) is 0 Å². The van der Waals surface area contributed by atoms with Crippen molar-refractivity contribution in [3.05, 3.63) is 197 Å². The van der Waals surface area contributed by atoms with Crippen LogP contribution >= 0.6 is 31.9 Å². The van der Waals surface area contributed by atoms with Crippen molar-refractivity contribution in [2.45, 2.75) is 117 Å². The normalized spacial score (nSPS) is 8.46. The molecule has 0 bridgehead atoms. The maximum absolute atomic E-state index is 10.5. The van der Waals surface area contributed by atoms with Gasteiger partial charge in [-0.05, 0) is 116 Å². The van der Waals surface area contributed by atoms with Gasteiger partial charge in [0.15, 0.2) is 0 Å². The van der Waals surface area contributed by atoms with Crippen molar-refractivity contribution >= 4 is 107 Å². The van der Waals surface area contributed by atoms with Crippen LogP contribution in [0, 0.1) is 54.2 Å². The van der Waals surface area contributed by atoms with E-state index in [1.165, 1.54) is 41.8 Å². The number of anilines is 5. The van der Waals surface area contributed by atoms with Gasteiger partial charge in [-0.15, -0.1) is 17.9 Å². The molecule has 2 aromatic heterocycles. The first kappa shape index (κ1) is 83.2. The minimum absolute atomic E-state index is 0. The van der Waals surface area contributed by atoms with E-state index in [2.05, 4.69) is 85.3 Å². The summed E-state index contributed by atoms with van der Waals surface area (Å²) in [6.07, 6.45) is 8.26. The van der Waals surface area contributed by atoms with Crippen LogP contribution in [0.2, 0.25) is 19.6 Å². The standard InChI is InChI=1S/C11H14N2O2Si.C8H6N2O2.C8H8N2.C6H5BrN2O2.C6H6BrN.C6H7N.C3H4.6C2H6.CH4/c1-16(2,3)7-6-9-4-5-10(13(14)15)8-11(9)12;11-10(12)7-2-1-6-3-4-9-8(6)5-7;9-7-2-1-6-3-4-10-8(6)5-7;7-5-2-1-4(9(10)11)3-6(5)8;7-5-3-1-2-4-6(5)8;7-6-4-2-1-3-5-6;1-3-2;6*1-2;/h4-5,8H,12H2,1-3H3;1-5,9H;1-5,10H,9H2;1-3H,8H2;1-4H,8H2;1-5H,7H2;1H,2H3;6*1-2H3;1H4. The average molecular weight is 1250 g/mol. The minimum Gasteiger partial charge on any atom is -0.399 e. The smallest absolute Gasteiger partial charge is 0.271 e. The lowest BCUT2D eigenvalue weighted by atomic mass is 10.2. The summed E-state index contributed by atoms with van der Waals surface area (Å²) in [5, 5.41) is 33.2. The molecule has 0 aliphatic carbocycles. The molecule has 0 radical (unpaired) electrons. The van der Waals surface area contributed by atoms with Crippen molar-refractivity contribution < 1.29 is 14.8 Å². The number of aromatic amines is 2. The summed E-state index contributed by atoms with van der Waals surface area (Å²) < 4.78 is 1.63. The minimum atomic E-state index is -1.45. The quantitative estimate of drug-likeness (QED) is 0.0287. The Morgan fingerprint density at radius 2 is 0.850 bits per heavy atom. The molecule has 0 saturated heterocycles. The number of benzene rings is 6. The molecule has 80 heavy (non-hydrogen) atoms. The second-order valence-corrected chi connectivity index (χ2v) is 21.0. The topological polar surface area (TPSA) is 291 Å². The Balaban J connectivity index is -0.000000198. The van der Waals surface area contributed by atoms with Gasteiger partial charge in [0.1, 0.15) is 8.07 Å². The van der Waals surface area contributed by atoms with Gasteiger partial charge < -0.3 is 38.6 Å². The molecular weight excluding hydrogens is 1160 g/mol. The van der Waals surface area contributed by atoms with E-state index in [0.29, 0.717) is 21.4 Å². The second kappa shape index (κ2) is 51.6. The number of non-ortho nitro benzene ring substituents is 3. The first-order valence-corrected chi connectivity index (χ1v) is 30.7. The van der Waals surface area contributed by atoms with E-state index in [-0.39, 0.29) is 24.5 Å². The van der Waals surface area contributed by atoms with E-state index in [1.54, 1.807) is 31.3 Å². The number of nitrogen functional groups attached to an aromatic ring is 5. The van der Waals surface area contributed by atoms with Gasteiger partial charge in [-0.1, -0.05) is 152 Å². The van der Waals surface area contributed by atoms with Gasteiger partial charge in [-0.25, -0.2) is 0 Å². The van der Waals surface area contributed by atoms with Crippen molar-refractivity contribution in [2.75, 3.05) is 28.7 Å². The molecule has 12 N–H and O–H groups in total. The maximum atomic E-state index is 10.5. The first-order valence-electron chi connectivity index (χ1n) is 25.6. The molecule has 438 valence electrons. The fraction of sp³-hybridized carbons (Fsp3) is 0.279. The molecule has 0 unspecified atom stereocenters. The second-order valence-electron chi connectivity index (χ2n) is 14.5. The maximum Gasteiger partial charge on any atom is 0.271 e. The summed E-state index contributed by atoms with van der Waals surface area (Å²) in [7, 11) is -1.45. The largest absolute Gasteiger partial charge is 0.399 e. The van der Waals surface area contributed by atoms with Gasteiger partial charge in [0.05, 0.1) is 31.7 Å². The van der Waals surface area contributed by atoms with E-state index in [4.69, 9.17) is 28.7 Å². The average Bonchev–Trinajstić information content (AvgIpc) is 4.14. The molecule has 8 rings (SSSR count). The number of nitrogens with one attached hydrogen (secondary N) is 2. The van der Waals surface area contributed by atoms with Crippen LogP contribution in [0.15, 0.2) is 161 Å². The molecule has 8 aromatic rings. The Hall–Kier alpha value is -8.10. The molecule has 6 aromatic carbocycles. The zero-order valence-corrected chi connectivity index (χ0v) is 53.1. The molecule has 16 nitrogen and oxygen atoms in total. The number of terminal acetylenes is 1. The molecular formula is C61H90Br2N10O6Si. The highest BCUT2D eigenvalue weighted by molar-refractivity contribution is 9.11. The predicted octanol–water partition coefficient (Wildman–Crippen LogP) is 18.9. The van der Waals surface area contributed by atoms with Gasteiger partial charge >= 0.3 is 0 Å². The monoisotopic (exact) mass is 1240 g/mol. The fourth-order valence-corrected chi connectivity index (χ4v) is 5.86. The fourth-order valence-electron chi connectivity index (χ4n) is 4.82. The highest BCUT2D eigenvalue weighted by Gasteiger charge is 2.10. The third kappa shape index (κ3) is 38.4. The molecule has 0 spiro atoms. The summed E-state index contributed by atoms with van der Waals surface area (Å²) in [6, 6.07) is 40.2. The molecule has 0 aliphatic rings. The number of nitrogens with two attached hydrogens (primary N) is 5. The number of hydrogen-bond acceptors (Lipinski definition) is 11. The number of halogens is 2. The third-order valence-corrected chi connectivity index (χ3v) is 10.4. The number of rotatable bonds is 3. The lowest BCUT2D eigenvalue weighted by molar-refractivity contribution is -0.385. The SMILES string of the molecule is C.C#CC.CC.CC.CC.CC.CC.CC.C[Si](C)(C)C#Cc1ccc([N+](=O)[O-])cc1N.Nc1cc([N+](=O)[O-])ccc1Br.Nc1ccc2cc[nH]c2c1.Nc1ccccc1.Nc1ccccc1Br.O=[N+]([O-])c1ccc2cc[nH]c2c1. The Labute approximate surface area is 495 Å². The molecule has 2 heterocycles. The van der Waals surface area contributed by atoms with Crippen LogP contribution in [0.1, 0.15) is 103 Å². The highest BCUT2D eigenvalue weighted by atomic mass is 79.9. The number of H-pyrrole nitrogens is 2. The number of nitro groups is 3. The molecule has 19 heteroatoms. The lowest BCUT2D eigenvalue weighted by Gasteiger charge is -2.04. The van der Waals surface area contributed by atoms with E-state index in [9.17, 15) is 30.3 Å². The Morgan fingerprint density at radius 1 is 0.475 bits per heavy atom. The van der Waals surface area contributed by atoms with E-state index >= 15 is 0 Å². The van der Waals surface area contributed by atoms with Crippen LogP contribution in [-0.2, 0) is 0 Å². The number of para-hydroxylation sites is 2. The number of fused-ring (bicyclic) bond motifs is 2. The van der Waals surface area contributed by atoms with Crippen LogP contribution in [0.4, 0.5) is 45.5 Å². The van der Waals surface area contributed by atoms with Gasteiger partial charge in [-0.3, -0.25) is 30.3 Å². The van der Waals surface area contributed by atoms with Crippen LogP contribution in [0.25, 0.3) is 21.8 Å². The predicted molar refractivity (Wildman–Crippen MR) is 359 cm³/mol. The van der Waals surface area contributed by atoms with E-state index in [0.717, 1.165) is 38.0 Å². The van der Waals surface area contributed by atoms with Crippen molar-refractivity contribution in [1.29, 1.82) is 0 Å². The third-order valence-electron chi connectivity index (χ3n) is 8.04. The Morgan fingerprint density at radius 3 is 1.23 bits per heavy atom. The lowest BCUT2D eigenvalue weighted by Crippen LogP contribution is -2.16. The van der Waals surface area contributed by atoms with Crippen molar-refractivity contribution in [1.82, 2.24) is 9.97 Å². The number of nitro benzene ring substituents is 3. The van der Waals surface area contributed by atoms with Crippen molar-refractivity contribution in [3.8, 4) is 23.8 Å². The Kier molecular flexibility index (Phi) is 53.7. The van der Waals surface area contributed by atoms with Crippen LogP contribution in [0.3, 0.4) is 0 Å². The van der Waals surface area contributed by atoms with Gasteiger partial charge in [0, 0.05) is 85.9 Å². The summed E-state index contributed by atoms with van der Waals surface area (Å²) in [5.41, 5.74) is 36.5. The first-order chi connectivity index (χ1) is 37.6. The molecule has 0 fully saturated rings. The van der Waals surface area contributed by atoms with Crippen molar-refractivity contribution in [2.24, 2.45) is 0 Å². The van der Waals surface area contributed by atoms with Gasteiger partial charge in [-0.2, -0.15) is 0 Å². The van der Waals surface area contributed by atoms with Gasteiger partial charge in [0.25, 0.3) is 17.1 Å². The number of nitrogens with zero attached hydrogens (tertiary/aromatic N) is 3. The number of aromatic nitrogens is 2. The summed E-state index contributed by atoms with van der Waals surface area (Å²) in [4.78, 5) is 35.7. The Bertz CT molecular complexity index is 2960. The summed E-state index contributed by atoms with van der Waals surface area (Å²) >= 11 is 6.40. The zero-order valence-electron chi connectivity index (χ0n) is 48.9. The summed E-state index contributed by atoms with van der Waals surface area (Å²) in [6.45, 7) is 32.0. The highest BCUT2D eigenvalue weighted by Crippen LogP contribution is 2.24. The van der Waals surface area contributed by atoms with E-state index in [1.807, 2.05) is 174 Å². The van der Waals surface area contributed by atoms with E-state index < -0.39 is 22.8 Å². The van der Waals surface area contributed by atoms with Crippen LogP contribution in [0.5, 0.6) is 0 Å². The molecule has 0 amide bonds.